The highest BCUT2D eigenvalue weighted by Crippen LogP contribution is 2.26. The predicted octanol–water partition coefficient (Wildman–Crippen LogP) is 4.09. The van der Waals surface area contributed by atoms with Gasteiger partial charge in [-0.3, -0.25) is 9.78 Å². The van der Waals surface area contributed by atoms with Gasteiger partial charge in [-0.2, -0.15) is 0 Å². The number of halogens is 1. The van der Waals surface area contributed by atoms with Crippen LogP contribution in [0.15, 0.2) is 48.8 Å². The Kier molecular flexibility index (Phi) is 5.18. The molecule has 6 nitrogen and oxygen atoms in total. The maximum atomic E-state index is 12.6. The summed E-state index contributed by atoms with van der Waals surface area (Å²) in [5.41, 5.74) is 1.72. The molecule has 0 spiro atoms. The first-order valence-electron chi connectivity index (χ1n) is 8.76. The fraction of sp³-hybridized carbons (Fsp3) is 0.250. The van der Waals surface area contributed by atoms with Gasteiger partial charge in [0.2, 0.25) is 5.88 Å². The molecular weight excluding hydrogens is 366 g/mol. The summed E-state index contributed by atoms with van der Waals surface area (Å²) in [5.74, 6) is 0.0344. The minimum atomic E-state index is -0.305. The van der Waals surface area contributed by atoms with E-state index in [9.17, 15) is 4.79 Å². The summed E-state index contributed by atoms with van der Waals surface area (Å²) in [4.78, 5) is 21.2. The molecule has 1 fully saturated rings. The Hall–Kier alpha value is -2.70. The molecule has 1 amide bonds. The fourth-order valence-corrected chi connectivity index (χ4v) is 3.20. The number of fused-ring (bicyclic) bond motifs is 1. The molecule has 0 aliphatic carbocycles. The maximum absolute atomic E-state index is 12.6. The monoisotopic (exact) mass is 383 g/mol. The second-order valence-corrected chi connectivity index (χ2v) is 6.68. The van der Waals surface area contributed by atoms with E-state index in [2.05, 4.69) is 15.3 Å². The molecular formula is C20H18ClN3O3. The van der Waals surface area contributed by atoms with Crippen LogP contribution >= 0.6 is 11.6 Å². The highest BCUT2D eigenvalue weighted by molar-refractivity contribution is 6.32. The zero-order valence-electron chi connectivity index (χ0n) is 14.5. The Bertz CT molecular complexity index is 968. The third kappa shape index (κ3) is 4.02. The third-order valence-electron chi connectivity index (χ3n) is 4.40. The molecule has 2 aromatic heterocycles. The number of nitrogens with one attached hydrogen (secondary N) is 1. The molecule has 0 radical (unpaired) electrons. The molecule has 1 N–H and O–H groups in total. The minimum Gasteiger partial charge on any atom is -0.473 e. The third-order valence-corrected chi connectivity index (χ3v) is 4.67. The van der Waals surface area contributed by atoms with Crippen molar-refractivity contribution in [2.75, 3.05) is 18.5 Å². The molecule has 0 saturated carbocycles. The van der Waals surface area contributed by atoms with Crippen LogP contribution in [0.1, 0.15) is 23.2 Å². The average Bonchev–Trinajstić information content (AvgIpc) is 2.70. The van der Waals surface area contributed by atoms with Crippen LogP contribution in [0.5, 0.6) is 5.88 Å². The lowest BCUT2D eigenvalue weighted by molar-refractivity contribution is 0.0238. The van der Waals surface area contributed by atoms with E-state index in [0.717, 1.165) is 23.7 Å². The van der Waals surface area contributed by atoms with E-state index in [1.54, 1.807) is 12.3 Å². The van der Waals surface area contributed by atoms with E-state index < -0.39 is 0 Å². The van der Waals surface area contributed by atoms with Crippen LogP contribution in [0, 0.1) is 0 Å². The number of hydrogen-bond acceptors (Lipinski definition) is 5. The molecule has 0 bridgehead atoms. The van der Waals surface area contributed by atoms with Crippen LogP contribution in [0.3, 0.4) is 0 Å². The maximum Gasteiger partial charge on any atom is 0.257 e. The molecule has 1 aromatic carbocycles. The lowest BCUT2D eigenvalue weighted by Gasteiger charge is -2.23. The van der Waals surface area contributed by atoms with Gasteiger partial charge in [0.1, 0.15) is 11.1 Å². The van der Waals surface area contributed by atoms with Gasteiger partial charge in [-0.25, -0.2) is 4.98 Å². The molecule has 138 valence electrons. The number of pyridine rings is 2. The van der Waals surface area contributed by atoms with E-state index in [4.69, 9.17) is 21.1 Å². The summed E-state index contributed by atoms with van der Waals surface area (Å²) >= 11 is 6.28. The Morgan fingerprint density at radius 2 is 2.00 bits per heavy atom. The topological polar surface area (TPSA) is 73.3 Å². The van der Waals surface area contributed by atoms with Gasteiger partial charge in [0, 0.05) is 30.6 Å². The fourth-order valence-electron chi connectivity index (χ4n) is 2.99. The van der Waals surface area contributed by atoms with Gasteiger partial charge in [0.15, 0.2) is 0 Å². The smallest absolute Gasteiger partial charge is 0.257 e. The Morgan fingerprint density at radius 1 is 1.19 bits per heavy atom. The van der Waals surface area contributed by atoms with Crippen LogP contribution in [-0.4, -0.2) is 35.2 Å². The van der Waals surface area contributed by atoms with Crippen molar-refractivity contribution < 1.29 is 14.3 Å². The summed E-state index contributed by atoms with van der Waals surface area (Å²) < 4.78 is 11.1. The zero-order chi connectivity index (χ0) is 18.6. The number of benzene rings is 1. The summed E-state index contributed by atoms with van der Waals surface area (Å²) in [6, 6.07) is 11.0. The molecule has 27 heavy (non-hydrogen) atoms. The van der Waals surface area contributed by atoms with Crippen LogP contribution < -0.4 is 10.1 Å². The summed E-state index contributed by atoms with van der Waals surface area (Å²) in [5, 5.41) is 4.13. The van der Waals surface area contributed by atoms with E-state index in [1.807, 2.05) is 30.3 Å². The van der Waals surface area contributed by atoms with Crippen LogP contribution in [0.4, 0.5) is 5.69 Å². The van der Waals surface area contributed by atoms with Crippen LogP contribution in [0.2, 0.25) is 5.02 Å². The van der Waals surface area contributed by atoms with E-state index in [-0.39, 0.29) is 12.0 Å². The number of carbonyl (C=O) groups is 1. The average molecular weight is 384 g/mol. The lowest BCUT2D eigenvalue weighted by atomic mass is 10.1. The number of aromatic nitrogens is 2. The summed E-state index contributed by atoms with van der Waals surface area (Å²) in [6.45, 7) is 1.34. The van der Waals surface area contributed by atoms with Gasteiger partial charge in [-0.15, -0.1) is 0 Å². The van der Waals surface area contributed by atoms with Gasteiger partial charge < -0.3 is 14.8 Å². The molecule has 1 saturated heterocycles. The summed E-state index contributed by atoms with van der Waals surface area (Å²) in [6.07, 6.45) is 4.79. The molecule has 0 unspecified atom stereocenters. The molecule has 3 heterocycles. The number of hydrogen-bond donors (Lipinski definition) is 1. The number of ether oxygens (including phenoxy) is 2. The van der Waals surface area contributed by atoms with Crippen molar-refractivity contribution >= 4 is 34.1 Å². The van der Waals surface area contributed by atoms with Gasteiger partial charge in [0.25, 0.3) is 5.91 Å². The van der Waals surface area contributed by atoms with E-state index in [1.165, 1.54) is 6.20 Å². The zero-order valence-corrected chi connectivity index (χ0v) is 15.3. The second-order valence-electron chi connectivity index (χ2n) is 6.28. The molecule has 0 atom stereocenters. The van der Waals surface area contributed by atoms with E-state index >= 15 is 0 Å². The molecule has 4 rings (SSSR count). The van der Waals surface area contributed by atoms with Crippen molar-refractivity contribution in [3.8, 4) is 5.88 Å². The van der Waals surface area contributed by atoms with Crippen molar-refractivity contribution in [2.45, 2.75) is 18.9 Å². The first-order chi connectivity index (χ1) is 13.2. The Balaban J connectivity index is 1.51. The van der Waals surface area contributed by atoms with Crippen molar-refractivity contribution in [1.82, 2.24) is 9.97 Å². The number of anilines is 1. The molecule has 1 aliphatic heterocycles. The minimum absolute atomic E-state index is 0.0326. The highest BCUT2D eigenvalue weighted by Gasteiger charge is 2.19. The lowest BCUT2D eigenvalue weighted by Crippen LogP contribution is -2.26. The number of nitrogens with zero attached hydrogens (tertiary/aromatic N) is 2. The molecule has 1 aliphatic rings. The summed E-state index contributed by atoms with van der Waals surface area (Å²) in [7, 11) is 0. The van der Waals surface area contributed by atoms with Crippen molar-refractivity contribution in [1.29, 1.82) is 0 Å². The van der Waals surface area contributed by atoms with Gasteiger partial charge in [0.05, 0.1) is 30.0 Å². The van der Waals surface area contributed by atoms with E-state index in [0.29, 0.717) is 35.4 Å². The second kappa shape index (κ2) is 7.90. The van der Waals surface area contributed by atoms with Crippen molar-refractivity contribution in [3.63, 3.8) is 0 Å². The number of amides is 1. The molecule has 7 heteroatoms. The number of rotatable bonds is 4. The quantitative estimate of drug-likeness (QED) is 0.734. The van der Waals surface area contributed by atoms with Crippen LogP contribution in [-0.2, 0) is 4.74 Å². The number of carbonyl (C=O) groups excluding carboxylic acids is 1. The first kappa shape index (κ1) is 17.7. The van der Waals surface area contributed by atoms with Crippen LogP contribution in [0.25, 0.3) is 10.9 Å². The SMILES string of the molecule is O=C(Nc1cccc2cccnc12)c1cnc(OC2CCOCC2)c(Cl)c1. The largest absolute Gasteiger partial charge is 0.473 e. The first-order valence-corrected chi connectivity index (χ1v) is 9.13. The Morgan fingerprint density at radius 3 is 2.81 bits per heavy atom. The molecule has 3 aromatic rings. The van der Waals surface area contributed by atoms with Crippen molar-refractivity contribution in [2.24, 2.45) is 0 Å². The normalized spacial score (nSPS) is 14.9. The highest BCUT2D eigenvalue weighted by atomic mass is 35.5. The van der Waals surface area contributed by atoms with Gasteiger partial charge in [-0.1, -0.05) is 29.8 Å². The predicted molar refractivity (Wildman–Crippen MR) is 103 cm³/mol. The Labute approximate surface area is 161 Å². The van der Waals surface area contributed by atoms with Gasteiger partial charge in [-0.05, 0) is 18.2 Å². The van der Waals surface area contributed by atoms with Crippen molar-refractivity contribution in [3.05, 3.63) is 59.4 Å². The number of para-hydroxylation sites is 1. The standard InChI is InChI=1S/C20H18ClN3O3/c21-16-11-14(12-23-20(16)27-15-6-9-26-10-7-15)19(25)24-17-5-1-3-13-4-2-8-22-18(13)17/h1-5,8,11-12,15H,6-7,9-10H2,(H,24,25). The van der Waals surface area contributed by atoms with Gasteiger partial charge >= 0.3 is 0 Å².